The molecule has 1 saturated heterocycles. The summed E-state index contributed by atoms with van der Waals surface area (Å²) in [5.74, 6) is 2.08. The van der Waals surface area contributed by atoms with E-state index >= 15 is 0 Å². The lowest BCUT2D eigenvalue weighted by atomic mass is 9.97. The molecule has 0 bridgehead atoms. The maximum Gasteiger partial charge on any atom is 0.227 e. The van der Waals surface area contributed by atoms with Gasteiger partial charge in [-0.2, -0.15) is 4.98 Å². The van der Waals surface area contributed by atoms with Gasteiger partial charge in [-0.05, 0) is 50.4 Å². The zero-order valence-electron chi connectivity index (χ0n) is 11.7. The molecule has 3 rings (SSSR count). The summed E-state index contributed by atoms with van der Waals surface area (Å²) >= 11 is 3.46. The maximum absolute atomic E-state index is 5.41. The van der Waals surface area contributed by atoms with E-state index in [1.807, 2.05) is 24.3 Å². The van der Waals surface area contributed by atoms with E-state index in [0.717, 1.165) is 35.4 Å². The Kier molecular flexibility index (Phi) is 6.21. The standard InChI is InChI=1S/C15H18BrN3O.ClH/c16-13-5-1-4-12(10-13)15-18-14(20-19-15)9-11-3-2-7-17-8-6-11;/h1,4-5,10-11,17H,2-3,6-9H2;1H. The highest BCUT2D eigenvalue weighted by molar-refractivity contribution is 9.10. The third-order valence-corrected chi connectivity index (χ3v) is 4.20. The van der Waals surface area contributed by atoms with Crippen molar-refractivity contribution in [3.8, 4) is 11.4 Å². The van der Waals surface area contributed by atoms with Gasteiger partial charge in [-0.15, -0.1) is 12.4 Å². The van der Waals surface area contributed by atoms with Crippen molar-refractivity contribution in [2.45, 2.75) is 25.7 Å². The molecule has 1 aromatic carbocycles. The minimum Gasteiger partial charge on any atom is -0.339 e. The quantitative estimate of drug-likeness (QED) is 0.889. The maximum atomic E-state index is 5.41. The first-order valence-corrected chi connectivity index (χ1v) is 7.90. The number of rotatable bonds is 3. The van der Waals surface area contributed by atoms with Crippen molar-refractivity contribution in [3.63, 3.8) is 0 Å². The van der Waals surface area contributed by atoms with Gasteiger partial charge in [0.15, 0.2) is 0 Å². The Morgan fingerprint density at radius 3 is 3.05 bits per heavy atom. The van der Waals surface area contributed by atoms with Crippen molar-refractivity contribution in [2.75, 3.05) is 13.1 Å². The van der Waals surface area contributed by atoms with Crippen molar-refractivity contribution in [2.24, 2.45) is 5.92 Å². The van der Waals surface area contributed by atoms with Gasteiger partial charge in [-0.3, -0.25) is 0 Å². The van der Waals surface area contributed by atoms with E-state index in [4.69, 9.17) is 4.52 Å². The van der Waals surface area contributed by atoms with E-state index in [1.165, 1.54) is 19.3 Å². The topological polar surface area (TPSA) is 51.0 Å². The second-order valence-electron chi connectivity index (χ2n) is 5.27. The molecular weight excluding hydrogens is 354 g/mol. The van der Waals surface area contributed by atoms with Crippen LogP contribution in [0.3, 0.4) is 0 Å². The Morgan fingerprint density at radius 1 is 1.29 bits per heavy atom. The van der Waals surface area contributed by atoms with Crippen LogP contribution in [0.4, 0.5) is 0 Å². The van der Waals surface area contributed by atoms with Gasteiger partial charge >= 0.3 is 0 Å². The number of hydrogen-bond acceptors (Lipinski definition) is 4. The molecule has 1 fully saturated rings. The van der Waals surface area contributed by atoms with Gasteiger partial charge in [0.2, 0.25) is 11.7 Å². The van der Waals surface area contributed by atoms with Gasteiger partial charge < -0.3 is 9.84 Å². The summed E-state index contributed by atoms with van der Waals surface area (Å²) < 4.78 is 6.43. The molecule has 21 heavy (non-hydrogen) atoms. The number of nitrogens with zero attached hydrogens (tertiary/aromatic N) is 2. The van der Waals surface area contributed by atoms with Crippen LogP contribution < -0.4 is 5.32 Å². The van der Waals surface area contributed by atoms with Gasteiger partial charge in [0.1, 0.15) is 0 Å². The number of halogens is 2. The number of benzene rings is 1. The normalized spacial score (nSPS) is 18.8. The average molecular weight is 373 g/mol. The molecule has 4 nitrogen and oxygen atoms in total. The number of aromatic nitrogens is 2. The fraction of sp³-hybridized carbons (Fsp3) is 0.467. The van der Waals surface area contributed by atoms with E-state index in [1.54, 1.807) is 0 Å². The highest BCUT2D eigenvalue weighted by Gasteiger charge is 2.17. The molecule has 0 saturated carbocycles. The first-order valence-electron chi connectivity index (χ1n) is 7.10. The van der Waals surface area contributed by atoms with Gasteiger partial charge in [-0.1, -0.05) is 33.2 Å². The first-order chi connectivity index (χ1) is 9.81. The molecule has 2 heterocycles. The van der Waals surface area contributed by atoms with Gasteiger partial charge in [0, 0.05) is 16.5 Å². The van der Waals surface area contributed by atoms with Crippen LogP contribution in [0, 0.1) is 5.92 Å². The highest BCUT2D eigenvalue weighted by Crippen LogP contribution is 2.23. The molecule has 1 N–H and O–H groups in total. The lowest BCUT2D eigenvalue weighted by Crippen LogP contribution is -2.14. The third-order valence-electron chi connectivity index (χ3n) is 3.71. The summed E-state index contributed by atoms with van der Waals surface area (Å²) in [7, 11) is 0. The van der Waals surface area contributed by atoms with Crippen molar-refractivity contribution in [1.29, 1.82) is 0 Å². The zero-order valence-corrected chi connectivity index (χ0v) is 14.1. The van der Waals surface area contributed by atoms with Gasteiger partial charge in [0.25, 0.3) is 0 Å². The van der Waals surface area contributed by atoms with Crippen LogP contribution in [0.2, 0.25) is 0 Å². The molecule has 0 radical (unpaired) electrons. The molecule has 0 aliphatic carbocycles. The smallest absolute Gasteiger partial charge is 0.227 e. The lowest BCUT2D eigenvalue weighted by Gasteiger charge is -2.09. The van der Waals surface area contributed by atoms with Crippen molar-refractivity contribution in [3.05, 3.63) is 34.6 Å². The van der Waals surface area contributed by atoms with E-state index in [0.29, 0.717) is 11.7 Å². The van der Waals surface area contributed by atoms with Crippen LogP contribution in [0.25, 0.3) is 11.4 Å². The average Bonchev–Trinajstić information content (AvgIpc) is 2.75. The Balaban J connectivity index is 0.00000161. The van der Waals surface area contributed by atoms with E-state index < -0.39 is 0 Å². The molecule has 2 aromatic rings. The zero-order chi connectivity index (χ0) is 13.8. The van der Waals surface area contributed by atoms with Crippen molar-refractivity contribution in [1.82, 2.24) is 15.5 Å². The molecule has 1 unspecified atom stereocenters. The monoisotopic (exact) mass is 371 g/mol. The largest absolute Gasteiger partial charge is 0.339 e. The Hall–Kier alpha value is -0.910. The second kappa shape index (κ2) is 7.92. The minimum absolute atomic E-state index is 0. The number of hydrogen-bond donors (Lipinski definition) is 1. The summed E-state index contributed by atoms with van der Waals surface area (Å²) in [4.78, 5) is 4.53. The Labute approximate surface area is 139 Å². The second-order valence-corrected chi connectivity index (χ2v) is 6.19. The SMILES string of the molecule is Brc1cccc(-c2noc(CC3CCCNCC3)n2)c1.Cl. The fourth-order valence-electron chi connectivity index (χ4n) is 2.62. The molecule has 1 aliphatic rings. The van der Waals surface area contributed by atoms with Crippen LogP contribution >= 0.6 is 28.3 Å². The molecule has 1 aromatic heterocycles. The molecule has 6 heteroatoms. The Morgan fingerprint density at radius 2 is 2.19 bits per heavy atom. The molecule has 114 valence electrons. The van der Waals surface area contributed by atoms with Crippen LogP contribution in [-0.2, 0) is 6.42 Å². The van der Waals surface area contributed by atoms with Gasteiger partial charge in [0.05, 0.1) is 0 Å². The van der Waals surface area contributed by atoms with Crippen LogP contribution in [0.5, 0.6) is 0 Å². The third kappa shape index (κ3) is 4.53. The fourth-order valence-corrected chi connectivity index (χ4v) is 3.02. The summed E-state index contributed by atoms with van der Waals surface area (Å²) in [6, 6.07) is 7.97. The molecular formula is C15H19BrClN3O. The Bertz CT molecular complexity index is 568. The van der Waals surface area contributed by atoms with Crippen LogP contribution in [0.15, 0.2) is 33.3 Å². The van der Waals surface area contributed by atoms with E-state index in [-0.39, 0.29) is 12.4 Å². The minimum atomic E-state index is 0. The molecule has 0 amide bonds. The summed E-state index contributed by atoms with van der Waals surface area (Å²) in [5.41, 5.74) is 0.983. The summed E-state index contributed by atoms with van der Waals surface area (Å²) in [6.45, 7) is 2.22. The van der Waals surface area contributed by atoms with E-state index in [2.05, 4.69) is 31.4 Å². The molecule has 1 aliphatic heterocycles. The van der Waals surface area contributed by atoms with Crippen LogP contribution in [-0.4, -0.2) is 23.2 Å². The predicted octanol–water partition coefficient (Wildman–Crippen LogP) is 3.85. The number of nitrogens with one attached hydrogen (secondary N) is 1. The lowest BCUT2D eigenvalue weighted by molar-refractivity contribution is 0.341. The van der Waals surface area contributed by atoms with Crippen LogP contribution in [0.1, 0.15) is 25.2 Å². The van der Waals surface area contributed by atoms with E-state index in [9.17, 15) is 0 Å². The summed E-state index contributed by atoms with van der Waals surface area (Å²) in [5, 5.41) is 7.52. The predicted molar refractivity (Wildman–Crippen MR) is 88.6 cm³/mol. The van der Waals surface area contributed by atoms with Gasteiger partial charge in [-0.25, -0.2) is 0 Å². The highest BCUT2D eigenvalue weighted by atomic mass is 79.9. The molecule has 1 atom stereocenters. The van der Waals surface area contributed by atoms with Crippen molar-refractivity contribution < 1.29 is 4.52 Å². The first kappa shape index (κ1) is 16.5. The molecule has 0 spiro atoms. The summed E-state index contributed by atoms with van der Waals surface area (Å²) in [6.07, 6.45) is 4.55. The van der Waals surface area contributed by atoms with Crippen molar-refractivity contribution >= 4 is 28.3 Å².